The monoisotopic (exact) mass is 338 g/mol. The highest BCUT2D eigenvalue weighted by Gasteiger charge is 2.18. The number of ether oxygens (including phenoxy) is 1. The maximum Gasteiger partial charge on any atom is 0.269 e. The zero-order chi connectivity index (χ0) is 17.4. The Labute approximate surface area is 140 Å². The summed E-state index contributed by atoms with van der Waals surface area (Å²) in [6, 6.07) is 4.61. The maximum atomic E-state index is 12.3. The molecule has 8 heteroatoms. The van der Waals surface area contributed by atoms with Crippen LogP contribution >= 0.6 is 11.6 Å². The van der Waals surface area contributed by atoms with Crippen LogP contribution in [0, 0.1) is 11.3 Å². The van der Waals surface area contributed by atoms with E-state index < -0.39 is 5.91 Å². The van der Waals surface area contributed by atoms with Crippen molar-refractivity contribution in [3.8, 4) is 11.8 Å². The molecule has 0 aliphatic rings. The Kier molecular flexibility index (Phi) is 7.32. The fraction of sp³-hybridized carbons (Fsp3) is 0.400. The molecule has 0 heterocycles. The molecule has 0 saturated heterocycles. The van der Waals surface area contributed by atoms with Gasteiger partial charge in [-0.25, -0.2) is 5.01 Å². The van der Waals surface area contributed by atoms with Gasteiger partial charge in [0, 0.05) is 19.2 Å². The van der Waals surface area contributed by atoms with Crippen molar-refractivity contribution in [2.24, 2.45) is 0 Å². The van der Waals surface area contributed by atoms with Crippen LogP contribution in [0.5, 0.6) is 5.75 Å². The summed E-state index contributed by atoms with van der Waals surface area (Å²) in [5.74, 6) is -0.578. The molecule has 0 aromatic heterocycles. The van der Waals surface area contributed by atoms with Gasteiger partial charge in [-0.05, 0) is 6.07 Å². The quantitative estimate of drug-likeness (QED) is 0.743. The summed E-state index contributed by atoms with van der Waals surface area (Å²) in [7, 11) is 1.41. The van der Waals surface area contributed by atoms with Crippen molar-refractivity contribution in [1.29, 1.82) is 5.26 Å². The first-order chi connectivity index (χ1) is 11.0. The Hall–Kier alpha value is -2.30. The third-order valence-corrected chi connectivity index (χ3v) is 3.38. The average molecular weight is 339 g/mol. The molecule has 1 rings (SSSR count). The normalized spacial score (nSPS) is 10.1. The zero-order valence-corrected chi connectivity index (χ0v) is 14.0. The molecule has 0 unspecified atom stereocenters. The van der Waals surface area contributed by atoms with Crippen molar-refractivity contribution >= 4 is 29.1 Å². The number of hydrogen-bond donors (Lipinski definition) is 2. The van der Waals surface area contributed by atoms with E-state index in [-0.39, 0.29) is 34.4 Å². The van der Waals surface area contributed by atoms with Crippen LogP contribution in [0.4, 0.5) is 5.69 Å². The highest BCUT2D eigenvalue weighted by molar-refractivity contribution is 6.34. The van der Waals surface area contributed by atoms with Crippen molar-refractivity contribution in [3.05, 3.63) is 22.7 Å². The molecule has 124 valence electrons. The number of carbonyl (C=O) groups excluding carboxylic acids is 2. The summed E-state index contributed by atoms with van der Waals surface area (Å²) in [5, 5.41) is 12.9. The number of hydrogen-bond acceptors (Lipinski definition) is 5. The molecule has 7 nitrogen and oxygen atoms in total. The molecule has 1 aromatic carbocycles. The lowest BCUT2D eigenvalue weighted by atomic mass is 10.1. The molecule has 1 aromatic rings. The lowest BCUT2D eigenvalue weighted by molar-refractivity contribution is -0.115. The van der Waals surface area contributed by atoms with Crippen LogP contribution in [0.2, 0.25) is 5.02 Å². The van der Waals surface area contributed by atoms with E-state index in [1.165, 1.54) is 19.2 Å². The topological polar surface area (TPSA) is 94.5 Å². The van der Waals surface area contributed by atoms with Gasteiger partial charge in [0.25, 0.3) is 5.91 Å². The molecule has 0 saturated carbocycles. The van der Waals surface area contributed by atoms with Gasteiger partial charge in [-0.2, -0.15) is 5.26 Å². The summed E-state index contributed by atoms with van der Waals surface area (Å²) >= 11 is 6.10. The highest BCUT2D eigenvalue weighted by Crippen LogP contribution is 2.31. The predicted molar refractivity (Wildman–Crippen MR) is 87.3 cm³/mol. The Balaban J connectivity index is 3.07. The second kappa shape index (κ2) is 8.98. The van der Waals surface area contributed by atoms with Crippen molar-refractivity contribution in [1.82, 2.24) is 10.4 Å². The molecule has 0 bridgehead atoms. The smallest absolute Gasteiger partial charge is 0.269 e. The first kappa shape index (κ1) is 18.7. The van der Waals surface area contributed by atoms with E-state index in [0.717, 1.165) is 0 Å². The lowest BCUT2D eigenvalue weighted by Crippen LogP contribution is -2.42. The van der Waals surface area contributed by atoms with E-state index in [1.54, 1.807) is 11.1 Å². The van der Waals surface area contributed by atoms with Crippen LogP contribution in [0.3, 0.4) is 0 Å². The number of nitrogens with zero attached hydrogens (tertiary/aromatic N) is 2. The zero-order valence-electron chi connectivity index (χ0n) is 13.3. The first-order valence-electron chi connectivity index (χ1n) is 7.07. The lowest BCUT2D eigenvalue weighted by Gasteiger charge is -2.20. The third-order valence-electron chi connectivity index (χ3n) is 3.07. The summed E-state index contributed by atoms with van der Waals surface area (Å²) in [4.78, 5) is 23.8. The van der Waals surface area contributed by atoms with Gasteiger partial charge in [0.15, 0.2) is 0 Å². The molecule has 0 atom stereocenters. The Morgan fingerprint density at radius 2 is 2.00 bits per heavy atom. The fourth-order valence-electron chi connectivity index (χ4n) is 1.85. The second-order valence-electron chi connectivity index (χ2n) is 4.53. The summed E-state index contributed by atoms with van der Waals surface area (Å²) < 4.78 is 5.20. The van der Waals surface area contributed by atoms with Crippen molar-refractivity contribution in [3.63, 3.8) is 0 Å². The number of benzene rings is 1. The van der Waals surface area contributed by atoms with Gasteiger partial charge in [-0.1, -0.05) is 25.4 Å². The SMILES string of the molecule is CCN(CC)NC(=O)c1cc(Cl)c(NC(=O)CC#N)cc1OC. The van der Waals surface area contributed by atoms with Crippen LogP contribution < -0.4 is 15.5 Å². The molecule has 0 spiro atoms. The van der Waals surface area contributed by atoms with Gasteiger partial charge >= 0.3 is 0 Å². The number of rotatable bonds is 7. The highest BCUT2D eigenvalue weighted by atomic mass is 35.5. The molecule has 0 radical (unpaired) electrons. The van der Waals surface area contributed by atoms with E-state index in [0.29, 0.717) is 13.1 Å². The van der Waals surface area contributed by atoms with Gasteiger partial charge < -0.3 is 10.1 Å². The van der Waals surface area contributed by atoms with Gasteiger partial charge in [-0.15, -0.1) is 0 Å². The number of carbonyl (C=O) groups is 2. The molecule has 23 heavy (non-hydrogen) atoms. The number of nitriles is 1. The van der Waals surface area contributed by atoms with Crippen molar-refractivity contribution in [2.75, 3.05) is 25.5 Å². The number of anilines is 1. The Morgan fingerprint density at radius 3 is 2.52 bits per heavy atom. The number of amides is 2. The fourth-order valence-corrected chi connectivity index (χ4v) is 2.06. The van der Waals surface area contributed by atoms with Crippen LogP contribution in [0.1, 0.15) is 30.6 Å². The predicted octanol–water partition coefficient (Wildman–Crippen LogP) is 2.19. The van der Waals surface area contributed by atoms with E-state index in [9.17, 15) is 9.59 Å². The largest absolute Gasteiger partial charge is 0.496 e. The third kappa shape index (κ3) is 5.13. The van der Waals surface area contributed by atoms with Gasteiger partial charge in [0.2, 0.25) is 5.91 Å². The minimum absolute atomic E-state index is 0.182. The molecule has 2 amide bonds. The molecule has 2 N–H and O–H groups in total. The van der Waals surface area contributed by atoms with Crippen LogP contribution in [0.15, 0.2) is 12.1 Å². The van der Waals surface area contributed by atoms with Crippen molar-refractivity contribution < 1.29 is 14.3 Å². The number of halogens is 1. The summed E-state index contributed by atoms with van der Waals surface area (Å²) in [5.41, 5.74) is 3.27. The van der Waals surface area contributed by atoms with Gasteiger partial charge in [-0.3, -0.25) is 15.0 Å². The molecule has 0 aliphatic carbocycles. The minimum atomic E-state index is -0.489. The van der Waals surface area contributed by atoms with Gasteiger partial charge in [0.05, 0.1) is 29.5 Å². The summed E-state index contributed by atoms with van der Waals surface area (Å²) in [6.45, 7) is 5.14. The molecular formula is C15H19ClN4O3. The van der Waals surface area contributed by atoms with E-state index >= 15 is 0 Å². The van der Waals surface area contributed by atoms with Crippen molar-refractivity contribution in [2.45, 2.75) is 20.3 Å². The number of nitrogens with one attached hydrogen (secondary N) is 2. The first-order valence-corrected chi connectivity index (χ1v) is 7.44. The number of hydrazine groups is 1. The maximum absolute atomic E-state index is 12.3. The van der Waals surface area contributed by atoms with E-state index in [4.69, 9.17) is 21.6 Å². The Morgan fingerprint density at radius 1 is 1.35 bits per heavy atom. The molecule has 0 aliphatic heterocycles. The van der Waals surface area contributed by atoms with Crippen LogP contribution in [-0.4, -0.2) is 37.0 Å². The van der Waals surface area contributed by atoms with Crippen LogP contribution in [0.25, 0.3) is 0 Å². The van der Waals surface area contributed by atoms with E-state index in [2.05, 4.69) is 10.7 Å². The summed E-state index contributed by atoms with van der Waals surface area (Å²) in [6.07, 6.45) is -0.289. The van der Waals surface area contributed by atoms with E-state index in [1.807, 2.05) is 13.8 Å². The van der Waals surface area contributed by atoms with Crippen LogP contribution in [-0.2, 0) is 4.79 Å². The second-order valence-corrected chi connectivity index (χ2v) is 4.94. The molecular weight excluding hydrogens is 320 g/mol. The van der Waals surface area contributed by atoms with Gasteiger partial charge in [0.1, 0.15) is 12.2 Å². The number of methoxy groups -OCH3 is 1. The Bertz CT molecular complexity index is 624. The molecule has 0 fully saturated rings. The minimum Gasteiger partial charge on any atom is -0.496 e. The standard InChI is InChI=1S/C15H19ClN4O3/c1-4-20(5-2)19-15(22)10-8-11(16)12(9-13(10)23-3)18-14(21)6-7-17/h8-9H,4-6H2,1-3H3,(H,18,21)(H,19,22). The average Bonchev–Trinajstić information content (AvgIpc) is 2.54.